The van der Waals surface area contributed by atoms with Gasteiger partial charge in [0.25, 0.3) is 0 Å². The fraction of sp³-hybridized carbons (Fsp3) is 0.0526. The van der Waals surface area contributed by atoms with E-state index in [4.69, 9.17) is 27.4 Å². The van der Waals surface area contributed by atoms with Crippen LogP contribution in [0.5, 0.6) is 11.5 Å². The molecule has 0 aliphatic carbocycles. The number of fused-ring (bicyclic) bond motifs is 1. The molecule has 0 radical (unpaired) electrons. The van der Waals surface area contributed by atoms with Crippen molar-refractivity contribution in [3.63, 3.8) is 0 Å². The third-order valence-electron chi connectivity index (χ3n) is 4.23. The number of hydrazine groups is 1. The van der Waals surface area contributed by atoms with Crippen LogP contribution in [0, 0.1) is 17.1 Å². The summed E-state index contributed by atoms with van der Waals surface area (Å²) >= 11 is 9.31. The lowest BCUT2D eigenvalue weighted by atomic mass is 10.1. The molecule has 11 heteroatoms. The first-order chi connectivity index (χ1) is 14.5. The molecule has 0 amide bonds. The van der Waals surface area contributed by atoms with E-state index >= 15 is 4.39 Å². The van der Waals surface area contributed by atoms with Gasteiger partial charge in [0, 0.05) is 17.6 Å². The molecule has 150 valence electrons. The number of aromatic nitrogens is 4. The van der Waals surface area contributed by atoms with Crippen molar-refractivity contribution >= 4 is 44.5 Å². The lowest BCUT2D eigenvalue weighted by Crippen LogP contribution is -2.10. The molecule has 0 bridgehead atoms. The van der Waals surface area contributed by atoms with Gasteiger partial charge in [-0.3, -0.25) is 10.5 Å². The Morgan fingerprint density at radius 1 is 1.33 bits per heavy atom. The normalized spacial score (nSPS) is 10.8. The van der Waals surface area contributed by atoms with Crippen molar-refractivity contribution < 1.29 is 9.13 Å². The summed E-state index contributed by atoms with van der Waals surface area (Å²) in [4.78, 5) is 8.22. The Morgan fingerprint density at radius 3 is 2.93 bits per heavy atom. The van der Waals surface area contributed by atoms with E-state index in [0.717, 1.165) is 0 Å². The monoisotopic (exact) mass is 487 g/mol. The Balaban J connectivity index is 1.68. The third-order valence-corrected chi connectivity index (χ3v) is 5.08. The van der Waals surface area contributed by atoms with Crippen LogP contribution in [0.2, 0.25) is 5.02 Å². The van der Waals surface area contributed by atoms with Crippen LogP contribution in [0.15, 0.2) is 41.0 Å². The van der Waals surface area contributed by atoms with Gasteiger partial charge < -0.3 is 4.74 Å². The van der Waals surface area contributed by atoms with Crippen molar-refractivity contribution in [2.45, 2.75) is 6.42 Å². The largest absolute Gasteiger partial charge is 0.453 e. The van der Waals surface area contributed by atoms with Gasteiger partial charge in [0.1, 0.15) is 5.75 Å². The predicted octanol–water partition coefficient (Wildman–Crippen LogP) is 4.45. The van der Waals surface area contributed by atoms with E-state index < -0.39 is 5.82 Å². The predicted molar refractivity (Wildman–Crippen MR) is 113 cm³/mol. The van der Waals surface area contributed by atoms with Crippen LogP contribution in [-0.4, -0.2) is 20.2 Å². The van der Waals surface area contributed by atoms with E-state index in [-0.39, 0.29) is 23.9 Å². The highest BCUT2D eigenvalue weighted by atomic mass is 79.9. The molecule has 0 aliphatic rings. The summed E-state index contributed by atoms with van der Waals surface area (Å²) in [6.07, 6.45) is 1.73. The Hall–Kier alpha value is -3.26. The van der Waals surface area contributed by atoms with E-state index in [1.165, 1.54) is 18.2 Å². The second-order valence-corrected chi connectivity index (χ2v) is 7.48. The van der Waals surface area contributed by atoms with Gasteiger partial charge in [-0.15, -0.1) is 0 Å². The molecule has 0 fully saturated rings. The van der Waals surface area contributed by atoms with Crippen LogP contribution in [-0.2, 0) is 6.42 Å². The number of ether oxygens (including phenoxy) is 1. The molecule has 4 aromatic rings. The number of hydrogen-bond acceptors (Lipinski definition) is 7. The maximum atomic E-state index is 15.3. The number of aromatic amines is 1. The molecule has 0 unspecified atom stereocenters. The van der Waals surface area contributed by atoms with Crippen LogP contribution in [0.25, 0.3) is 11.0 Å². The Labute approximate surface area is 182 Å². The molecule has 0 aliphatic heterocycles. The minimum Gasteiger partial charge on any atom is -0.453 e. The van der Waals surface area contributed by atoms with Crippen molar-refractivity contribution in [2.24, 2.45) is 5.84 Å². The van der Waals surface area contributed by atoms with Gasteiger partial charge in [-0.1, -0.05) is 17.7 Å². The van der Waals surface area contributed by atoms with Gasteiger partial charge in [0.15, 0.2) is 17.2 Å². The number of nitrogens with one attached hydrogen (secondary N) is 2. The van der Waals surface area contributed by atoms with E-state index in [2.05, 4.69) is 41.5 Å². The molecule has 0 saturated heterocycles. The van der Waals surface area contributed by atoms with Crippen LogP contribution < -0.4 is 16.0 Å². The summed E-state index contributed by atoms with van der Waals surface area (Å²) in [5.74, 6) is 5.20. The number of nitriles is 1. The first-order valence-electron chi connectivity index (χ1n) is 8.50. The summed E-state index contributed by atoms with van der Waals surface area (Å²) in [6.45, 7) is 0. The Bertz CT molecular complexity index is 1300. The van der Waals surface area contributed by atoms with Crippen LogP contribution in [0.1, 0.15) is 16.8 Å². The quantitative estimate of drug-likeness (QED) is 0.280. The summed E-state index contributed by atoms with van der Waals surface area (Å²) in [5, 5.41) is 17.0. The molecular formula is C19H12BrClFN7O. The summed E-state index contributed by atoms with van der Waals surface area (Å²) in [5.41, 5.74) is 4.05. The number of halogens is 3. The first-order valence-corrected chi connectivity index (χ1v) is 9.67. The van der Waals surface area contributed by atoms with Gasteiger partial charge in [-0.05, 0) is 45.8 Å². The van der Waals surface area contributed by atoms with E-state index in [0.29, 0.717) is 37.3 Å². The van der Waals surface area contributed by atoms with Crippen molar-refractivity contribution in [1.29, 1.82) is 5.26 Å². The zero-order chi connectivity index (χ0) is 21.3. The van der Waals surface area contributed by atoms with Gasteiger partial charge in [0.2, 0.25) is 5.95 Å². The van der Waals surface area contributed by atoms with Crippen molar-refractivity contribution in [3.8, 4) is 17.6 Å². The van der Waals surface area contributed by atoms with Gasteiger partial charge in [-0.25, -0.2) is 15.2 Å². The second-order valence-electron chi connectivity index (χ2n) is 6.19. The van der Waals surface area contributed by atoms with Crippen LogP contribution >= 0.6 is 27.5 Å². The summed E-state index contributed by atoms with van der Waals surface area (Å²) < 4.78 is 21.4. The zero-order valence-corrected chi connectivity index (χ0v) is 17.4. The number of rotatable bonds is 5. The highest BCUT2D eigenvalue weighted by Gasteiger charge is 2.18. The summed E-state index contributed by atoms with van der Waals surface area (Å²) in [7, 11) is 0. The molecule has 2 aromatic heterocycles. The molecule has 2 heterocycles. The number of nitrogens with two attached hydrogens (primary N) is 1. The van der Waals surface area contributed by atoms with E-state index in [9.17, 15) is 0 Å². The van der Waals surface area contributed by atoms with Crippen molar-refractivity contribution in [1.82, 2.24) is 20.2 Å². The molecular weight excluding hydrogens is 477 g/mol. The molecule has 4 N–H and O–H groups in total. The minimum absolute atomic E-state index is 0.0237. The average molecular weight is 489 g/mol. The fourth-order valence-corrected chi connectivity index (χ4v) is 3.46. The van der Waals surface area contributed by atoms with Crippen LogP contribution in [0.3, 0.4) is 0 Å². The minimum atomic E-state index is -0.569. The van der Waals surface area contributed by atoms with Crippen molar-refractivity contribution in [3.05, 3.63) is 68.7 Å². The topological polar surface area (TPSA) is 126 Å². The lowest BCUT2D eigenvalue weighted by molar-refractivity contribution is 0.436. The van der Waals surface area contributed by atoms with Gasteiger partial charge in [-0.2, -0.15) is 15.3 Å². The fourth-order valence-electron chi connectivity index (χ4n) is 2.85. The smallest absolute Gasteiger partial charge is 0.239 e. The van der Waals surface area contributed by atoms with Crippen molar-refractivity contribution in [2.75, 3.05) is 5.43 Å². The standard InChI is InChI=1S/C19H12BrClFN7O/c20-14-2-1-10(5-15-13-8-25-19(27-24)26-18(13)29-28-15)16(22)17(14)30-12-4-9(7-23)3-11(21)6-12/h1-4,6,8H,5,24H2,(H2,25,26,27,28,29). The average Bonchev–Trinajstić information content (AvgIpc) is 3.14. The van der Waals surface area contributed by atoms with E-state index in [1.54, 1.807) is 18.3 Å². The highest BCUT2D eigenvalue weighted by Crippen LogP contribution is 2.36. The lowest BCUT2D eigenvalue weighted by Gasteiger charge is -2.12. The SMILES string of the molecule is N#Cc1cc(Cl)cc(Oc2c(Br)ccc(Cc3n[nH]c4nc(NN)ncc34)c2F)c1. The Kier molecular flexibility index (Phi) is 5.50. The van der Waals surface area contributed by atoms with Gasteiger partial charge in [0.05, 0.1) is 27.2 Å². The number of benzene rings is 2. The third kappa shape index (κ3) is 3.91. The maximum Gasteiger partial charge on any atom is 0.239 e. The molecule has 0 spiro atoms. The number of anilines is 1. The van der Waals surface area contributed by atoms with E-state index in [1.807, 2.05) is 6.07 Å². The van der Waals surface area contributed by atoms with Crippen LogP contribution in [0.4, 0.5) is 10.3 Å². The number of nitrogen functional groups attached to an aromatic ring is 1. The highest BCUT2D eigenvalue weighted by molar-refractivity contribution is 9.10. The molecule has 0 atom stereocenters. The molecule has 4 rings (SSSR count). The number of H-pyrrole nitrogens is 1. The number of nitrogens with zero attached hydrogens (tertiary/aromatic N) is 4. The summed E-state index contributed by atoms with van der Waals surface area (Å²) in [6, 6.07) is 9.76. The van der Waals surface area contributed by atoms with Gasteiger partial charge >= 0.3 is 0 Å². The first kappa shape index (κ1) is 20.0. The number of hydrogen-bond donors (Lipinski definition) is 3. The zero-order valence-electron chi connectivity index (χ0n) is 15.1. The molecule has 2 aromatic carbocycles. The maximum absolute atomic E-state index is 15.3. The Morgan fingerprint density at radius 2 is 2.17 bits per heavy atom. The molecule has 8 nitrogen and oxygen atoms in total. The molecule has 0 saturated carbocycles. The molecule has 30 heavy (non-hydrogen) atoms. The second kappa shape index (κ2) is 8.23.